The first-order valence-corrected chi connectivity index (χ1v) is 8.87. The summed E-state index contributed by atoms with van der Waals surface area (Å²) in [6.45, 7) is 1.86. The fraction of sp³-hybridized carbons (Fsp3) is 0.118. The number of nitrogens with one attached hydrogen (secondary N) is 2. The van der Waals surface area contributed by atoms with Crippen LogP contribution in [0, 0.1) is 0 Å². The SMILES string of the molecule is CC1=C(C(=O)Nc2ccccc2Cl)[C@H](c2cccs2)n2ncnc2N1. The molecular weight excluding hydrogens is 358 g/mol. The fourth-order valence-electron chi connectivity index (χ4n) is 2.85. The Morgan fingerprint density at radius 1 is 1.32 bits per heavy atom. The summed E-state index contributed by atoms with van der Waals surface area (Å²) in [6.07, 6.45) is 1.48. The second-order valence-electron chi connectivity index (χ2n) is 5.54. The highest BCUT2D eigenvalue weighted by molar-refractivity contribution is 7.10. The summed E-state index contributed by atoms with van der Waals surface area (Å²) in [4.78, 5) is 18.3. The number of hydrogen-bond acceptors (Lipinski definition) is 5. The molecule has 0 bridgehead atoms. The third kappa shape index (κ3) is 2.81. The van der Waals surface area contributed by atoms with Crippen molar-refractivity contribution in [2.45, 2.75) is 13.0 Å². The van der Waals surface area contributed by atoms with Gasteiger partial charge >= 0.3 is 0 Å². The molecule has 0 spiro atoms. The summed E-state index contributed by atoms with van der Waals surface area (Å²) in [5.41, 5.74) is 1.90. The Hall–Kier alpha value is -2.64. The van der Waals surface area contributed by atoms with Gasteiger partial charge in [-0.1, -0.05) is 29.8 Å². The molecule has 25 heavy (non-hydrogen) atoms. The van der Waals surface area contributed by atoms with Crippen molar-refractivity contribution in [2.75, 3.05) is 10.6 Å². The monoisotopic (exact) mass is 371 g/mol. The summed E-state index contributed by atoms with van der Waals surface area (Å²) < 4.78 is 1.72. The lowest BCUT2D eigenvalue weighted by atomic mass is 10.0. The normalized spacial score (nSPS) is 16.3. The number of halogens is 1. The van der Waals surface area contributed by atoms with Gasteiger partial charge in [-0.25, -0.2) is 4.68 Å². The van der Waals surface area contributed by atoms with Gasteiger partial charge in [-0.2, -0.15) is 10.1 Å². The number of benzene rings is 1. The number of hydrogen-bond donors (Lipinski definition) is 2. The Bertz CT molecular complexity index is 963. The van der Waals surface area contributed by atoms with Crippen LogP contribution in [-0.2, 0) is 4.79 Å². The molecule has 2 N–H and O–H groups in total. The number of rotatable bonds is 3. The zero-order valence-electron chi connectivity index (χ0n) is 13.2. The van der Waals surface area contributed by atoms with Crippen molar-refractivity contribution in [3.63, 3.8) is 0 Å². The van der Waals surface area contributed by atoms with Gasteiger partial charge in [0, 0.05) is 10.6 Å². The molecule has 3 aromatic rings. The number of carbonyl (C=O) groups excluding carboxylic acids is 1. The van der Waals surface area contributed by atoms with Gasteiger partial charge in [-0.3, -0.25) is 4.79 Å². The average molecular weight is 372 g/mol. The molecule has 3 heterocycles. The van der Waals surface area contributed by atoms with Gasteiger partial charge < -0.3 is 10.6 Å². The van der Waals surface area contributed by atoms with Crippen LogP contribution in [0.15, 0.2) is 59.4 Å². The molecule has 0 fully saturated rings. The Kier molecular flexibility index (Phi) is 4.03. The number of allylic oxidation sites excluding steroid dienone is 1. The molecule has 0 radical (unpaired) electrons. The predicted octanol–water partition coefficient (Wildman–Crippen LogP) is 3.92. The zero-order chi connectivity index (χ0) is 17.4. The van der Waals surface area contributed by atoms with Crippen molar-refractivity contribution in [2.24, 2.45) is 0 Å². The Morgan fingerprint density at radius 2 is 2.16 bits per heavy atom. The van der Waals surface area contributed by atoms with Crippen LogP contribution in [-0.4, -0.2) is 20.7 Å². The second kappa shape index (κ2) is 6.34. The summed E-state index contributed by atoms with van der Waals surface area (Å²) >= 11 is 7.74. The lowest BCUT2D eigenvalue weighted by Gasteiger charge is -2.27. The molecular formula is C17H14ClN5OS. The summed E-state index contributed by atoms with van der Waals surface area (Å²) in [5.74, 6) is 0.392. The number of carbonyl (C=O) groups is 1. The standard InChI is InChI=1S/C17H14ClN5OS/c1-10-14(16(24)22-12-6-3-2-5-11(12)18)15(13-7-4-8-25-13)23-17(21-10)19-9-20-23/h2-9,15H,1H3,(H,22,24)(H,19,20,21)/t15-/m0/s1. The van der Waals surface area contributed by atoms with Crippen molar-refractivity contribution in [3.05, 3.63) is 69.3 Å². The van der Waals surface area contributed by atoms with E-state index >= 15 is 0 Å². The number of nitrogens with zero attached hydrogens (tertiary/aromatic N) is 3. The maximum absolute atomic E-state index is 13.0. The minimum atomic E-state index is -0.332. The van der Waals surface area contributed by atoms with Gasteiger partial charge in [0.15, 0.2) is 0 Å². The predicted molar refractivity (Wildman–Crippen MR) is 98.9 cm³/mol. The Labute approximate surface area is 153 Å². The van der Waals surface area contributed by atoms with E-state index in [1.54, 1.807) is 28.2 Å². The second-order valence-corrected chi connectivity index (χ2v) is 6.93. The highest BCUT2D eigenvalue weighted by Crippen LogP contribution is 2.37. The largest absolute Gasteiger partial charge is 0.328 e. The quantitative estimate of drug-likeness (QED) is 0.732. The smallest absolute Gasteiger partial charge is 0.255 e. The van der Waals surface area contributed by atoms with E-state index in [-0.39, 0.29) is 11.9 Å². The summed E-state index contributed by atoms with van der Waals surface area (Å²) in [7, 11) is 0. The minimum Gasteiger partial charge on any atom is -0.328 e. The molecule has 2 aromatic heterocycles. The van der Waals surface area contributed by atoms with Gasteiger partial charge in [0.2, 0.25) is 5.95 Å². The van der Waals surface area contributed by atoms with Crippen molar-refractivity contribution in [1.29, 1.82) is 0 Å². The molecule has 126 valence electrons. The van der Waals surface area contributed by atoms with Crippen LogP contribution in [0.5, 0.6) is 0 Å². The van der Waals surface area contributed by atoms with E-state index in [1.807, 2.05) is 36.6 Å². The van der Waals surface area contributed by atoms with Crippen LogP contribution in [0.4, 0.5) is 11.6 Å². The van der Waals surface area contributed by atoms with Crippen LogP contribution in [0.25, 0.3) is 0 Å². The molecule has 4 rings (SSSR count). The van der Waals surface area contributed by atoms with Crippen LogP contribution in [0.1, 0.15) is 17.8 Å². The maximum atomic E-state index is 13.0. The topological polar surface area (TPSA) is 71.8 Å². The number of thiophene rings is 1. The average Bonchev–Trinajstić information content (AvgIpc) is 3.26. The zero-order valence-corrected chi connectivity index (χ0v) is 14.8. The Balaban J connectivity index is 1.76. The van der Waals surface area contributed by atoms with E-state index in [2.05, 4.69) is 20.7 Å². The Morgan fingerprint density at radius 3 is 2.92 bits per heavy atom. The third-order valence-corrected chi connectivity index (χ3v) is 5.23. The van der Waals surface area contributed by atoms with Gasteiger partial charge in [0.1, 0.15) is 12.4 Å². The van der Waals surface area contributed by atoms with E-state index in [1.165, 1.54) is 6.33 Å². The molecule has 1 aromatic carbocycles. The molecule has 6 nitrogen and oxygen atoms in total. The third-order valence-electron chi connectivity index (χ3n) is 3.97. The van der Waals surface area contributed by atoms with E-state index in [0.29, 0.717) is 22.2 Å². The number of fused-ring (bicyclic) bond motifs is 1. The number of amides is 1. The fourth-order valence-corrected chi connectivity index (χ4v) is 3.85. The number of anilines is 2. The van der Waals surface area contributed by atoms with Crippen LogP contribution in [0.2, 0.25) is 5.02 Å². The van der Waals surface area contributed by atoms with E-state index in [0.717, 1.165) is 10.6 Å². The molecule has 1 atom stereocenters. The van der Waals surface area contributed by atoms with Crippen molar-refractivity contribution in [3.8, 4) is 0 Å². The van der Waals surface area contributed by atoms with E-state index in [9.17, 15) is 4.79 Å². The molecule has 0 saturated heterocycles. The highest BCUT2D eigenvalue weighted by Gasteiger charge is 2.34. The minimum absolute atomic E-state index is 0.224. The summed E-state index contributed by atoms with van der Waals surface area (Å²) in [5, 5.41) is 12.8. The molecule has 8 heteroatoms. The van der Waals surface area contributed by atoms with Crippen molar-refractivity contribution < 1.29 is 4.79 Å². The lowest BCUT2D eigenvalue weighted by Crippen LogP contribution is -2.31. The van der Waals surface area contributed by atoms with Gasteiger partial charge in [0.05, 0.1) is 16.3 Å². The van der Waals surface area contributed by atoms with Gasteiger partial charge in [-0.15, -0.1) is 11.3 Å². The molecule has 1 aliphatic heterocycles. The molecule has 0 saturated carbocycles. The highest BCUT2D eigenvalue weighted by atomic mass is 35.5. The van der Waals surface area contributed by atoms with Crippen molar-refractivity contribution >= 4 is 40.5 Å². The van der Waals surface area contributed by atoms with Crippen LogP contribution >= 0.6 is 22.9 Å². The first-order chi connectivity index (χ1) is 12.1. The van der Waals surface area contributed by atoms with Crippen LogP contribution in [0.3, 0.4) is 0 Å². The number of aromatic nitrogens is 3. The summed E-state index contributed by atoms with van der Waals surface area (Å²) in [6, 6.07) is 10.8. The molecule has 0 aliphatic carbocycles. The van der Waals surface area contributed by atoms with Gasteiger partial charge in [-0.05, 0) is 30.5 Å². The molecule has 0 unspecified atom stereocenters. The van der Waals surface area contributed by atoms with E-state index in [4.69, 9.17) is 11.6 Å². The molecule has 1 aliphatic rings. The van der Waals surface area contributed by atoms with Crippen molar-refractivity contribution in [1.82, 2.24) is 14.8 Å². The van der Waals surface area contributed by atoms with Gasteiger partial charge in [0.25, 0.3) is 5.91 Å². The molecule has 1 amide bonds. The maximum Gasteiger partial charge on any atom is 0.255 e. The first kappa shape index (κ1) is 15.9. The number of para-hydroxylation sites is 1. The van der Waals surface area contributed by atoms with E-state index < -0.39 is 0 Å². The van der Waals surface area contributed by atoms with Crippen LogP contribution < -0.4 is 10.6 Å². The first-order valence-electron chi connectivity index (χ1n) is 7.61. The lowest BCUT2D eigenvalue weighted by molar-refractivity contribution is -0.113.